The van der Waals surface area contributed by atoms with Crippen molar-refractivity contribution in [3.8, 4) is 0 Å². The average Bonchev–Trinajstić information content (AvgIpc) is 3.08. The number of sulfonamides is 1. The number of hydrogen-bond acceptors (Lipinski definition) is 3. The summed E-state index contributed by atoms with van der Waals surface area (Å²) in [4.78, 5) is 12.5. The molecule has 2 aliphatic carbocycles. The van der Waals surface area contributed by atoms with Gasteiger partial charge in [-0.15, -0.1) is 0 Å². The largest absolute Gasteiger partial charge is 0.349 e. The number of carbonyl (C=O) groups is 1. The van der Waals surface area contributed by atoms with Gasteiger partial charge in [0, 0.05) is 11.6 Å². The van der Waals surface area contributed by atoms with Crippen molar-refractivity contribution in [2.24, 2.45) is 17.8 Å². The minimum absolute atomic E-state index is 0.136. The van der Waals surface area contributed by atoms with Gasteiger partial charge in [-0.1, -0.05) is 18.6 Å². The van der Waals surface area contributed by atoms with Crippen LogP contribution in [0.25, 0.3) is 0 Å². The van der Waals surface area contributed by atoms with Gasteiger partial charge in [0.2, 0.25) is 15.9 Å². The van der Waals surface area contributed by atoms with Crippen LogP contribution in [0, 0.1) is 17.8 Å². The topological polar surface area (TPSA) is 75.3 Å². The number of amides is 1. The van der Waals surface area contributed by atoms with Crippen LogP contribution in [0.4, 0.5) is 5.69 Å². The SMILES string of the molecule is CC(NC(=O)C1CC2CCC1C2)c1cccc(NS(C)(=O)=O)c1. The molecule has 0 saturated heterocycles. The molecule has 5 nitrogen and oxygen atoms in total. The Kier molecular flexibility index (Phi) is 4.36. The monoisotopic (exact) mass is 336 g/mol. The molecule has 2 N–H and O–H groups in total. The first-order valence-electron chi connectivity index (χ1n) is 8.20. The Morgan fingerprint density at radius 1 is 1.26 bits per heavy atom. The molecule has 4 unspecified atom stereocenters. The second-order valence-corrected chi connectivity index (χ2v) is 8.76. The van der Waals surface area contributed by atoms with E-state index in [1.165, 1.54) is 19.3 Å². The summed E-state index contributed by atoms with van der Waals surface area (Å²) in [5, 5.41) is 3.10. The van der Waals surface area contributed by atoms with Gasteiger partial charge in [0.15, 0.2) is 0 Å². The Hall–Kier alpha value is -1.56. The fourth-order valence-corrected chi connectivity index (χ4v) is 4.61. The number of rotatable bonds is 5. The molecule has 1 aromatic carbocycles. The van der Waals surface area contributed by atoms with Crippen molar-refractivity contribution in [3.63, 3.8) is 0 Å². The van der Waals surface area contributed by atoms with Gasteiger partial charge in [0.25, 0.3) is 0 Å². The van der Waals surface area contributed by atoms with Crippen molar-refractivity contribution < 1.29 is 13.2 Å². The van der Waals surface area contributed by atoms with Crippen molar-refractivity contribution in [3.05, 3.63) is 29.8 Å². The highest BCUT2D eigenvalue weighted by Crippen LogP contribution is 2.48. The van der Waals surface area contributed by atoms with Crippen molar-refractivity contribution in [2.45, 2.75) is 38.6 Å². The third-order valence-electron chi connectivity index (χ3n) is 5.12. The standard InChI is InChI=1S/C17H24N2O3S/c1-11(13-4-3-5-15(10-13)19-23(2,21)22)18-17(20)16-9-12-6-7-14(16)8-12/h3-5,10-12,14,16,19H,6-9H2,1-2H3,(H,18,20). The average molecular weight is 336 g/mol. The first-order chi connectivity index (χ1) is 10.8. The lowest BCUT2D eigenvalue weighted by atomic mass is 9.88. The highest BCUT2D eigenvalue weighted by Gasteiger charge is 2.43. The van der Waals surface area contributed by atoms with Crippen molar-refractivity contribution >= 4 is 21.6 Å². The maximum absolute atomic E-state index is 12.5. The molecule has 126 valence electrons. The predicted octanol–water partition coefficient (Wildman–Crippen LogP) is 2.67. The van der Waals surface area contributed by atoms with E-state index < -0.39 is 10.0 Å². The molecule has 3 rings (SSSR count). The Morgan fingerprint density at radius 2 is 2.04 bits per heavy atom. The summed E-state index contributed by atoms with van der Waals surface area (Å²) in [6.07, 6.45) is 5.83. The van der Waals surface area contributed by atoms with E-state index in [4.69, 9.17) is 0 Å². The summed E-state index contributed by atoms with van der Waals surface area (Å²) < 4.78 is 25.1. The zero-order valence-electron chi connectivity index (χ0n) is 13.6. The van der Waals surface area contributed by atoms with Gasteiger partial charge in [-0.05, 0) is 55.7 Å². The lowest BCUT2D eigenvalue weighted by Crippen LogP contribution is -2.35. The van der Waals surface area contributed by atoms with E-state index in [-0.39, 0.29) is 17.9 Å². The van der Waals surface area contributed by atoms with Crippen LogP contribution in [0.3, 0.4) is 0 Å². The molecular formula is C17H24N2O3S. The second kappa shape index (κ2) is 6.15. The van der Waals surface area contributed by atoms with E-state index in [9.17, 15) is 13.2 Å². The highest BCUT2D eigenvalue weighted by molar-refractivity contribution is 7.92. The van der Waals surface area contributed by atoms with E-state index >= 15 is 0 Å². The van der Waals surface area contributed by atoms with Gasteiger partial charge in [0.05, 0.1) is 12.3 Å². The number of hydrogen-bond donors (Lipinski definition) is 2. The van der Waals surface area contributed by atoms with Crippen LogP contribution in [-0.4, -0.2) is 20.6 Å². The first kappa shape index (κ1) is 16.3. The van der Waals surface area contributed by atoms with Crippen LogP contribution in [-0.2, 0) is 14.8 Å². The minimum atomic E-state index is -3.30. The van der Waals surface area contributed by atoms with Crippen molar-refractivity contribution in [1.82, 2.24) is 5.32 Å². The van der Waals surface area contributed by atoms with Gasteiger partial charge in [-0.25, -0.2) is 8.42 Å². The lowest BCUT2D eigenvalue weighted by molar-refractivity contribution is -0.127. The molecule has 23 heavy (non-hydrogen) atoms. The lowest BCUT2D eigenvalue weighted by Gasteiger charge is -2.23. The number of anilines is 1. The van der Waals surface area contributed by atoms with E-state index in [1.54, 1.807) is 18.2 Å². The summed E-state index contributed by atoms with van der Waals surface area (Å²) in [5.74, 6) is 1.61. The Morgan fingerprint density at radius 3 is 2.65 bits per heavy atom. The fraction of sp³-hybridized carbons (Fsp3) is 0.588. The van der Waals surface area contributed by atoms with E-state index in [1.807, 2.05) is 13.0 Å². The van der Waals surface area contributed by atoms with Gasteiger partial charge < -0.3 is 5.32 Å². The molecule has 0 aromatic heterocycles. The van der Waals surface area contributed by atoms with Gasteiger partial charge in [0.1, 0.15) is 0 Å². The third kappa shape index (κ3) is 3.86. The zero-order chi connectivity index (χ0) is 16.6. The summed E-state index contributed by atoms with van der Waals surface area (Å²) >= 11 is 0. The number of nitrogens with one attached hydrogen (secondary N) is 2. The van der Waals surface area contributed by atoms with Crippen LogP contribution >= 0.6 is 0 Å². The fourth-order valence-electron chi connectivity index (χ4n) is 4.06. The number of carbonyl (C=O) groups excluding carboxylic acids is 1. The van der Waals surface area contributed by atoms with E-state index in [0.29, 0.717) is 11.6 Å². The van der Waals surface area contributed by atoms with Crippen LogP contribution < -0.4 is 10.0 Å². The van der Waals surface area contributed by atoms with Crippen LogP contribution in [0.5, 0.6) is 0 Å². The van der Waals surface area contributed by atoms with Crippen molar-refractivity contribution in [1.29, 1.82) is 0 Å². The zero-order valence-corrected chi connectivity index (χ0v) is 14.4. The molecule has 6 heteroatoms. The smallest absolute Gasteiger partial charge is 0.229 e. The summed E-state index contributed by atoms with van der Waals surface area (Å²) in [6.45, 7) is 1.94. The molecule has 2 saturated carbocycles. The summed E-state index contributed by atoms with van der Waals surface area (Å²) in [6, 6.07) is 7.03. The second-order valence-electron chi connectivity index (χ2n) is 7.01. The van der Waals surface area contributed by atoms with Crippen LogP contribution in [0.1, 0.15) is 44.2 Å². The molecule has 0 radical (unpaired) electrons. The molecule has 1 amide bonds. The molecule has 1 aromatic rings. The molecule has 2 bridgehead atoms. The van der Waals surface area contributed by atoms with Crippen LogP contribution in [0.2, 0.25) is 0 Å². The Bertz CT molecular complexity index is 702. The maximum Gasteiger partial charge on any atom is 0.229 e. The third-order valence-corrected chi connectivity index (χ3v) is 5.73. The highest BCUT2D eigenvalue weighted by atomic mass is 32.2. The van der Waals surface area contributed by atoms with Crippen molar-refractivity contribution in [2.75, 3.05) is 11.0 Å². The molecule has 0 heterocycles. The van der Waals surface area contributed by atoms with E-state index in [2.05, 4.69) is 10.0 Å². The summed E-state index contributed by atoms with van der Waals surface area (Å²) in [5.41, 5.74) is 1.42. The predicted molar refractivity (Wildman–Crippen MR) is 90.4 cm³/mol. The first-order valence-corrected chi connectivity index (χ1v) is 10.1. The van der Waals surface area contributed by atoms with Gasteiger partial charge in [-0.3, -0.25) is 9.52 Å². The molecule has 0 aliphatic heterocycles. The number of benzene rings is 1. The molecular weight excluding hydrogens is 312 g/mol. The Labute approximate surface area is 137 Å². The molecule has 2 fully saturated rings. The summed E-state index contributed by atoms with van der Waals surface area (Å²) in [7, 11) is -3.30. The molecule has 4 atom stereocenters. The maximum atomic E-state index is 12.5. The minimum Gasteiger partial charge on any atom is -0.349 e. The molecule has 0 spiro atoms. The normalized spacial score (nSPS) is 27.7. The molecule has 2 aliphatic rings. The number of fused-ring (bicyclic) bond motifs is 2. The Balaban J connectivity index is 1.65. The van der Waals surface area contributed by atoms with Gasteiger partial charge >= 0.3 is 0 Å². The van der Waals surface area contributed by atoms with Crippen LogP contribution in [0.15, 0.2) is 24.3 Å². The quantitative estimate of drug-likeness (QED) is 0.868. The van der Waals surface area contributed by atoms with E-state index in [0.717, 1.165) is 24.2 Å². The van der Waals surface area contributed by atoms with Gasteiger partial charge in [-0.2, -0.15) is 0 Å².